The molecule has 20 heavy (non-hydrogen) atoms. The lowest BCUT2D eigenvalue weighted by Crippen LogP contribution is -2.48. The number of fused-ring (bicyclic) bond motifs is 1. The molecule has 1 aliphatic rings. The number of ketones is 1. The Morgan fingerprint density at radius 1 is 1.30 bits per heavy atom. The van der Waals surface area contributed by atoms with Crippen LogP contribution in [0.3, 0.4) is 0 Å². The van der Waals surface area contributed by atoms with Crippen molar-refractivity contribution in [1.82, 2.24) is 5.32 Å². The van der Waals surface area contributed by atoms with E-state index in [0.29, 0.717) is 25.4 Å². The van der Waals surface area contributed by atoms with Crippen molar-refractivity contribution >= 4 is 17.4 Å². The summed E-state index contributed by atoms with van der Waals surface area (Å²) in [4.78, 5) is 26.1. The molecule has 1 heterocycles. The third kappa shape index (κ3) is 3.00. The van der Waals surface area contributed by atoms with Gasteiger partial charge in [0.1, 0.15) is 6.04 Å². The summed E-state index contributed by atoms with van der Waals surface area (Å²) < 4.78 is 0. The Morgan fingerprint density at radius 3 is 2.70 bits per heavy atom. The zero-order valence-corrected chi connectivity index (χ0v) is 12.3. The average Bonchev–Trinajstić information content (AvgIpc) is 2.44. The number of nitrogens with zero attached hydrogens (tertiary/aromatic N) is 1. The molecule has 0 bridgehead atoms. The number of carbonyl (C=O) groups is 2. The van der Waals surface area contributed by atoms with Crippen LogP contribution in [0.2, 0.25) is 0 Å². The zero-order chi connectivity index (χ0) is 14.7. The van der Waals surface area contributed by atoms with E-state index in [1.165, 1.54) is 0 Å². The van der Waals surface area contributed by atoms with Crippen LogP contribution in [0, 0.1) is 5.92 Å². The van der Waals surface area contributed by atoms with E-state index in [9.17, 15) is 9.59 Å². The summed E-state index contributed by atoms with van der Waals surface area (Å²) in [6.45, 7) is 7.31. The van der Waals surface area contributed by atoms with E-state index in [4.69, 9.17) is 0 Å². The minimum absolute atomic E-state index is 0.0165. The van der Waals surface area contributed by atoms with Crippen LogP contribution in [0.1, 0.15) is 37.6 Å². The molecule has 2 rings (SSSR count). The second-order valence-electron chi connectivity index (χ2n) is 5.70. The predicted molar refractivity (Wildman–Crippen MR) is 80.0 cm³/mol. The van der Waals surface area contributed by atoms with Gasteiger partial charge in [-0.25, -0.2) is 0 Å². The lowest BCUT2D eigenvalue weighted by molar-refractivity contribution is -0.122. The number of hydrogen-bond donors (Lipinski definition) is 1. The first-order valence-corrected chi connectivity index (χ1v) is 7.17. The highest BCUT2D eigenvalue weighted by Crippen LogP contribution is 2.28. The van der Waals surface area contributed by atoms with Crippen molar-refractivity contribution < 1.29 is 9.59 Å². The first-order chi connectivity index (χ1) is 9.50. The molecule has 1 unspecified atom stereocenters. The Hall–Kier alpha value is -1.84. The van der Waals surface area contributed by atoms with Gasteiger partial charge in [0.25, 0.3) is 0 Å². The fourth-order valence-corrected chi connectivity index (χ4v) is 2.43. The van der Waals surface area contributed by atoms with Crippen LogP contribution in [-0.4, -0.2) is 30.8 Å². The minimum Gasteiger partial charge on any atom is -0.359 e. The number of anilines is 1. The first-order valence-electron chi connectivity index (χ1n) is 7.17. The van der Waals surface area contributed by atoms with Crippen LogP contribution in [0.15, 0.2) is 24.3 Å². The molecule has 1 N–H and O–H groups in total. The van der Waals surface area contributed by atoms with Crippen molar-refractivity contribution in [2.45, 2.75) is 33.2 Å². The summed E-state index contributed by atoms with van der Waals surface area (Å²) >= 11 is 0. The van der Waals surface area contributed by atoms with E-state index < -0.39 is 0 Å². The summed E-state index contributed by atoms with van der Waals surface area (Å²) in [6.07, 6.45) is 0.471. The number of amides is 1. The molecule has 4 heteroatoms. The van der Waals surface area contributed by atoms with Gasteiger partial charge in [0, 0.05) is 30.8 Å². The Labute approximate surface area is 120 Å². The molecule has 0 spiro atoms. The second kappa shape index (κ2) is 6.07. The third-order valence-corrected chi connectivity index (χ3v) is 3.63. The molecule has 0 saturated heterocycles. The van der Waals surface area contributed by atoms with Crippen LogP contribution in [0.4, 0.5) is 5.69 Å². The van der Waals surface area contributed by atoms with Gasteiger partial charge in [0.15, 0.2) is 5.78 Å². The van der Waals surface area contributed by atoms with E-state index in [0.717, 1.165) is 11.3 Å². The topological polar surface area (TPSA) is 49.4 Å². The van der Waals surface area contributed by atoms with Gasteiger partial charge in [-0.15, -0.1) is 0 Å². The summed E-state index contributed by atoms with van der Waals surface area (Å²) in [5, 5.41) is 2.96. The van der Waals surface area contributed by atoms with Crippen molar-refractivity contribution in [1.29, 1.82) is 0 Å². The summed E-state index contributed by atoms with van der Waals surface area (Å²) in [5.74, 6) is 0.607. The molecule has 0 saturated carbocycles. The number of benzene rings is 1. The maximum atomic E-state index is 12.2. The lowest BCUT2D eigenvalue weighted by atomic mass is 9.99. The van der Waals surface area contributed by atoms with E-state index >= 15 is 0 Å². The second-order valence-corrected chi connectivity index (χ2v) is 5.70. The highest BCUT2D eigenvalue weighted by atomic mass is 16.2. The molecule has 1 atom stereocenters. The van der Waals surface area contributed by atoms with Crippen molar-refractivity contribution in [2.24, 2.45) is 5.92 Å². The Balaban J connectivity index is 2.15. The Kier molecular flexibility index (Phi) is 4.42. The molecule has 1 aromatic carbocycles. The van der Waals surface area contributed by atoms with E-state index in [1.54, 1.807) is 0 Å². The van der Waals surface area contributed by atoms with E-state index in [2.05, 4.69) is 19.2 Å². The molecule has 1 amide bonds. The van der Waals surface area contributed by atoms with Gasteiger partial charge in [0.2, 0.25) is 5.91 Å². The third-order valence-electron chi connectivity index (χ3n) is 3.63. The van der Waals surface area contributed by atoms with Crippen LogP contribution >= 0.6 is 0 Å². The monoisotopic (exact) mass is 274 g/mol. The van der Waals surface area contributed by atoms with Gasteiger partial charge in [-0.3, -0.25) is 9.59 Å². The number of rotatable bonds is 4. The number of nitrogens with one attached hydrogen (secondary N) is 1. The van der Waals surface area contributed by atoms with E-state index in [-0.39, 0.29) is 17.7 Å². The molecule has 0 fully saturated rings. The highest BCUT2D eigenvalue weighted by molar-refractivity contribution is 6.04. The van der Waals surface area contributed by atoms with Gasteiger partial charge in [-0.05, 0) is 25.0 Å². The fraction of sp³-hybridized carbons (Fsp3) is 0.500. The summed E-state index contributed by atoms with van der Waals surface area (Å²) in [5.41, 5.74) is 1.60. The average molecular weight is 274 g/mol. The first kappa shape index (κ1) is 14.6. The molecule has 0 aliphatic carbocycles. The van der Waals surface area contributed by atoms with Crippen LogP contribution in [-0.2, 0) is 4.79 Å². The van der Waals surface area contributed by atoms with Gasteiger partial charge in [0.05, 0.1) is 0 Å². The van der Waals surface area contributed by atoms with Gasteiger partial charge in [-0.1, -0.05) is 26.0 Å². The smallest absolute Gasteiger partial charge is 0.242 e. The van der Waals surface area contributed by atoms with Gasteiger partial charge in [-0.2, -0.15) is 0 Å². The Bertz CT molecular complexity index is 511. The molecule has 0 aromatic heterocycles. The molecule has 1 aliphatic heterocycles. The molecule has 1 aromatic rings. The van der Waals surface area contributed by atoms with Crippen LogP contribution in [0.5, 0.6) is 0 Å². The fourth-order valence-electron chi connectivity index (χ4n) is 2.43. The molecular formula is C16H22N2O2. The predicted octanol–water partition coefficient (Wildman–Crippen LogP) is 2.24. The number of Topliss-reactive ketones (excluding diaryl/α,β-unsaturated/α-hetero) is 1. The normalized spacial score (nSPS) is 16.0. The minimum atomic E-state index is -0.261. The van der Waals surface area contributed by atoms with Crippen LogP contribution < -0.4 is 10.2 Å². The largest absolute Gasteiger partial charge is 0.359 e. The zero-order valence-electron chi connectivity index (χ0n) is 12.3. The number of para-hydroxylation sites is 1. The molecular weight excluding hydrogens is 252 g/mol. The molecule has 108 valence electrons. The molecule has 0 radical (unpaired) electrons. The van der Waals surface area contributed by atoms with Crippen molar-refractivity contribution in [3.8, 4) is 0 Å². The van der Waals surface area contributed by atoms with Gasteiger partial charge >= 0.3 is 0 Å². The Morgan fingerprint density at radius 2 is 2.00 bits per heavy atom. The maximum Gasteiger partial charge on any atom is 0.242 e. The van der Waals surface area contributed by atoms with Gasteiger partial charge < -0.3 is 10.2 Å². The number of hydrogen-bond acceptors (Lipinski definition) is 3. The van der Waals surface area contributed by atoms with E-state index in [1.807, 2.05) is 36.1 Å². The lowest BCUT2D eigenvalue weighted by Gasteiger charge is -2.34. The summed E-state index contributed by atoms with van der Waals surface area (Å²) in [6, 6.07) is 7.26. The maximum absolute atomic E-state index is 12.2. The quantitative estimate of drug-likeness (QED) is 0.916. The number of carbonyl (C=O) groups excluding carboxylic acids is 2. The molecule has 4 nitrogen and oxygen atoms in total. The standard InChI is InChI=1S/C16H22N2O2/c1-11(2)10-17-16(20)12(3)18-9-8-15(19)13-6-4-5-7-14(13)18/h4-7,11-12H,8-10H2,1-3H3,(H,17,20). The van der Waals surface area contributed by atoms with Crippen molar-refractivity contribution in [2.75, 3.05) is 18.0 Å². The summed E-state index contributed by atoms with van der Waals surface area (Å²) in [7, 11) is 0. The van der Waals surface area contributed by atoms with Crippen LogP contribution in [0.25, 0.3) is 0 Å². The van der Waals surface area contributed by atoms with Crippen molar-refractivity contribution in [3.63, 3.8) is 0 Å². The highest BCUT2D eigenvalue weighted by Gasteiger charge is 2.29. The SMILES string of the molecule is CC(C)CNC(=O)C(C)N1CCC(=O)c2ccccc21. The van der Waals surface area contributed by atoms with Crippen molar-refractivity contribution in [3.05, 3.63) is 29.8 Å².